The van der Waals surface area contributed by atoms with Gasteiger partial charge in [0.2, 0.25) is 0 Å². The monoisotopic (exact) mass is 347 g/mol. The lowest BCUT2D eigenvalue weighted by molar-refractivity contribution is -0.147. The number of nitrogens with one attached hydrogen (secondary N) is 1. The van der Waals surface area contributed by atoms with E-state index in [-0.39, 0.29) is 18.3 Å². The van der Waals surface area contributed by atoms with Gasteiger partial charge in [0.05, 0.1) is 28.1 Å². The Labute approximate surface area is 145 Å². The number of carbonyl (C=O) groups is 2. The predicted octanol–water partition coefficient (Wildman–Crippen LogP) is 2.86. The fourth-order valence-electron chi connectivity index (χ4n) is 2.49. The maximum atomic E-state index is 13.1. The molecule has 1 aromatic carbocycles. The zero-order chi connectivity index (χ0) is 18.8. The highest BCUT2D eigenvalue weighted by Crippen LogP contribution is 2.21. The van der Waals surface area contributed by atoms with Gasteiger partial charge in [-0.15, -0.1) is 0 Å². The van der Waals surface area contributed by atoms with E-state index >= 15 is 0 Å². The molecule has 134 valence electrons. The summed E-state index contributed by atoms with van der Waals surface area (Å²) in [6, 6.07) is 5.84. The molecule has 0 radical (unpaired) electrons. The second-order valence-electron chi connectivity index (χ2n) is 6.63. The molecule has 1 heterocycles. The number of rotatable bonds is 6. The first kappa shape index (κ1) is 18.6. The third-order valence-corrected chi connectivity index (χ3v) is 4.20. The van der Waals surface area contributed by atoms with Crippen LogP contribution in [0.2, 0.25) is 0 Å². The van der Waals surface area contributed by atoms with Crippen molar-refractivity contribution >= 4 is 11.9 Å². The summed E-state index contributed by atoms with van der Waals surface area (Å²) in [6.45, 7) is 6.97. The van der Waals surface area contributed by atoms with Crippen LogP contribution in [0.3, 0.4) is 0 Å². The van der Waals surface area contributed by atoms with E-state index in [4.69, 9.17) is 5.11 Å². The molecule has 0 aliphatic rings. The molecule has 25 heavy (non-hydrogen) atoms. The molecular weight excluding hydrogens is 325 g/mol. The van der Waals surface area contributed by atoms with Gasteiger partial charge in [0.15, 0.2) is 0 Å². The number of aromatic nitrogens is 2. The minimum absolute atomic E-state index is 0.249. The molecule has 0 aliphatic carbocycles. The first-order valence-electron chi connectivity index (χ1n) is 7.97. The number of nitrogens with zero attached hydrogens (tertiary/aromatic N) is 2. The molecule has 0 atom stereocenters. The minimum atomic E-state index is -0.907. The Hall–Kier alpha value is -2.70. The van der Waals surface area contributed by atoms with Gasteiger partial charge in [-0.05, 0) is 58.4 Å². The molecule has 0 bridgehead atoms. The first-order valence-corrected chi connectivity index (χ1v) is 7.97. The topological polar surface area (TPSA) is 84.2 Å². The van der Waals surface area contributed by atoms with E-state index in [1.165, 1.54) is 12.1 Å². The molecule has 2 N–H and O–H groups in total. The quantitative estimate of drug-likeness (QED) is 0.841. The summed E-state index contributed by atoms with van der Waals surface area (Å²) in [7, 11) is 0. The maximum absolute atomic E-state index is 13.1. The van der Waals surface area contributed by atoms with Crippen LogP contribution in [0.4, 0.5) is 4.39 Å². The number of halogens is 1. The minimum Gasteiger partial charge on any atom is -0.481 e. The lowest BCUT2D eigenvalue weighted by Gasteiger charge is -2.18. The molecular formula is C18H22FN3O3. The van der Waals surface area contributed by atoms with Crippen molar-refractivity contribution in [2.24, 2.45) is 5.41 Å². The molecule has 0 unspecified atom stereocenters. The van der Waals surface area contributed by atoms with E-state index in [9.17, 15) is 14.0 Å². The molecule has 0 spiro atoms. The van der Waals surface area contributed by atoms with Gasteiger partial charge in [0.1, 0.15) is 5.82 Å². The highest BCUT2D eigenvalue weighted by molar-refractivity contribution is 5.96. The molecule has 0 saturated carbocycles. The van der Waals surface area contributed by atoms with Crippen LogP contribution in [0.15, 0.2) is 24.3 Å². The second-order valence-corrected chi connectivity index (χ2v) is 6.63. The van der Waals surface area contributed by atoms with Crippen molar-refractivity contribution < 1.29 is 19.1 Å². The first-order chi connectivity index (χ1) is 11.6. The Morgan fingerprint density at radius 2 is 1.84 bits per heavy atom. The van der Waals surface area contributed by atoms with Gasteiger partial charge in [-0.25, -0.2) is 9.07 Å². The summed E-state index contributed by atoms with van der Waals surface area (Å²) in [6.07, 6.45) is 0.318. The Morgan fingerprint density at radius 1 is 1.24 bits per heavy atom. The number of hydrogen-bond donors (Lipinski definition) is 2. The number of carboxylic acid groups (broad SMARTS) is 1. The van der Waals surface area contributed by atoms with Crippen molar-refractivity contribution in [1.29, 1.82) is 0 Å². The lowest BCUT2D eigenvalue weighted by atomic mass is 9.89. The largest absolute Gasteiger partial charge is 0.481 e. The van der Waals surface area contributed by atoms with Crippen LogP contribution in [-0.4, -0.2) is 33.3 Å². The lowest BCUT2D eigenvalue weighted by Crippen LogP contribution is -2.32. The molecule has 2 rings (SSSR count). The van der Waals surface area contributed by atoms with E-state index < -0.39 is 11.4 Å². The van der Waals surface area contributed by atoms with Crippen molar-refractivity contribution in [2.75, 3.05) is 6.54 Å². The standard InChI is InChI=1S/C18H22FN3O3/c1-11-15(16(23)20-10-9-18(3,4)17(24)25)12(2)22(21-11)14-7-5-13(19)6-8-14/h5-8H,9-10H2,1-4H3,(H,20,23)(H,24,25). The number of aryl methyl sites for hydroxylation is 1. The van der Waals surface area contributed by atoms with E-state index in [0.717, 1.165) is 0 Å². The van der Waals surface area contributed by atoms with Gasteiger partial charge in [0.25, 0.3) is 5.91 Å². The molecule has 0 saturated heterocycles. The van der Waals surface area contributed by atoms with Crippen molar-refractivity contribution in [3.63, 3.8) is 0 Å². The molecule has 0 fully saturated rings. The van der Waals surface area contributed by atoms with Crippen molar-refractivity contribution in [2.45, 2.75) is 34.1 Å². The van der Waals surface area contributed by atoms with Crippen molar-refractivity contribution in [3.8, 4) is 5.69 Å². The normalized spacial score (nSPS) is 11.4. The van der Waals surface area contributed by atoms with Crippen LogP contribution in [-0.2, 0) is 4.79 Å². The number of hydrogen-bond acceptors (Lipinski definition) is 3. The number of aliphatic carboxylic acids is 1. The van der Waals surface area contributed by atoms with E-state index in [2.05, 4.69) is 10.4 Å². The third-order valence-electron chi connectivity index (χ3n) is 4.20. The predicted molar refractivity (Wildman–Crippen MR) is 91.4 cm³/mol. The molecule has 2 aromatic rings. The van der Waals surface area contributed by atoms with Gasteiger partial charge < -0.3 is 10.4 Å². The van der Waals surface area contributed by atoms with E-state index in [0.29, 0.717) is 29.1 Å². The molecule has 1 amide bonds. The van der Waals surface area contributed by atoms with Crippen LogP contribution < -0.4 is 5.32 Å². The van der Waals surface area contributed by atoms with Crippen molar-refractivity contribution in [3.05, 3.63) is 47.0 Å². The maximum Gasteiger partial charge on any atom is 0.309 e. The highest BCUT2D eigenvalue weighted by Gasteiger charge is 2.27. The number of carbonyl (C=O) groups excluding carboxylic acids is 1. The van der Waals surface area contributed by atoms with Crippen LogP contribution >= 0.6 is 0 Å². The molecule has 1 aromatic heterocycles. The van der Waals surface area contributed by atoms with Gasteiger partial charge in [-0.2, -0.15) is 5.10 Å². The average Bonchev–Trinajstić information content (AvgIpc) is 2.82. The highest BCUT2D eigenvalue weighted by atomic mass is 19.1. The summed E-state index contributed by atoms with van der Waals surface area (Å²) in [5.41, 5.74) is 1.39. The molecule has 0 aliphatic heterocycles. The van der Waals surface area contributed by atoms with Crippen LogP contribution in [0.1, 0.15) is 42.0 Å². The SMILES string of the molecule is Cc1nn(-c2ccc(F)cc2)c(C)c1C(=O)NCCC(C)(C)C(=O)O. The summed E-state index contributed by atoms with van der Waals surface area (Å²) in [4.78, 5) is 23.6. The Kier molecular flexibility index (Phi) is 5.25. The van der Waals surface area contributed by atoms with Gasteiger partial charge in [0, 0.05) is 6.54 Å². The second kappa shape index (κ2) is 7.04. The van der Waals surface area contributed by atoms with Crippen molar-refractivity contribution in [1.82, 2.24) is 15.1 Å². The van der Waals surface area contributed by atoms with Crippen LogP contribution in [0, 0.1) is 25.1 Å². The molecule has 6 nitrogen and oxygen atoms in total. The van der Waals surface area contributed by atoms with E-state index in [1.54, 1.807) is 44.5 Å². The average molecular weight is 347 g/mol. The van der Waals surface area contributed by atoms with Gasteiger partial charge in [-0.1, -0.05) is 0 Å². The molecule has 7 heteroatoms. The van der Waals surface area contributed by atoms with E-state index in [1.807, 2.05) is 0 Å². The summed E-state index contributed by atoms with van der Waals surface area (Å²) in [5, 5.41) is 16.2. The fraction of sp³-hybridized carbons (Fsp3) is 0.389. The Balaban J connectivity index is 2.16. The third kappa shape index (κ3) is 4.04. The summed E-state index contributed by atoms with van der Waals surface area (Å²) >= 11 is 0. The fourth-order valence-corrected chi connectivity index (χ4v) is 2.49. The smallest absolute Gasteiger partial charge is 0.309 e. The number of amides is 1. The van der Waals surface area contributed by atoms with Gasteiger partial charge >= 0.3 is 5.97 Å². The summed E-state index contributed by atoms with van der Waals surface area (Å²) < 4.78 is 14.7. The summed E-state index contributed by atoms with van der Waals surface area (Å²) in [5.74, 6) is -1.55. The van der Waals surface area contributed by atoms with Crippen LogP contribution in [0.5, 0.6) is 0 Å². The van der Waals surface area contributed by atoms with Crippen LogP contribution in [0.25, 0.3) is 5.69 Å². The zero-order valence-corrected chi connectivity index (χ0v) is 14.8. The van der Waals surface area contributed by atoms with Gasteiger partial charge in [-0.3, -0.25) is 9.59 Å². The number of benzene rings is 1. The zero-order valence-electron chi connectivity index (χ0n) is 14.8. The Bertz CT molecular complexity index is 795. The Morgan fingerprint density at radius 3 is 2.40 bits per heavy atom. The number of carboxylic acids is 1.